The minimum Gasteiger partial charge on any atom is -0.388 e. The highest BCUT2D eigenvalue weighted by atomic mass is 16.5. The van der Waals surface area contributed by atoms with Crippen molar-refractivity contribution in [3.63, 3.8) is 0 Å². The molecule has 1 saturated heterocycles. The number of aliphatic hydroxyl groups is 1. The van der Waals surface area contributed by atoms with Gasteiger partial charge in [0.25, 0.3) is 0 Å². The lowest BCUT2D eigenvalue weighted by Crippen LogP contribution is -2.30. The number of ether oxygens (including phenoxy) is 1. The van der Waals surface area contributed by atoms with Crippen molar-refractivity contribution in [2.75, 3.05) is 19.7 Å². The van der Waals surface area contributed by atoms with E-state index in [0.717, 1.165) is 5.56 Å². The van der Waals surface area contributed by atoms with Gasteiger partial charge in [0.2, 0.25) is 5.91 Å². The number of aryl methyl sites for hydroxylation is 1. The van der Waals surface area contributed by atoms with Gasteiger partial charge in [-0.2, -0.15) is 0 Å². The Balaban J connectivity index is 1.53. The predicted molar refractivity (Wildman–Crippen MR) is 98.2 cm³/mol. The number of β-amino-alcohol motifs (C(OH)–C–C–N with tert-alkyl or cyclic N) is 1. The minimum absolute atomic E-state index is 0.0772. The van der Waals surface area contributed by atoms with E-state index in [4.69, 9.17) is 4.74 Å². The zero-order chi connectivity index (χ0) is 17.6. The highest BCUT2D eigenvalue weighted by Crippen LogP contribution is 2.20. The number of benzene rings is 2. The quantitative estimate of drug-likeness (QED) is 0.880. The number of aliphatic hydroxyl groups excluding tert-OH is 1. The summed E-state index contributed by atoms with van der Waals surface area (Å²) >= 11 is 0. The third-order valence-corrected chi connectivity index (χ3v) is 4.66. The predicted octanol–water partition coefficient (Wildman–Crippen LogP) is 2.89. The summed E-state index contributed by atoms with van der Waals surface area (Å²) in [6, 6.07) is 18.6. The van der Waals surface area contributed by atoms with Gasteiger partial charge >= 0.3 is 0 Å². The Labute approximate surface area is 149 Å². The standard InChI is InChI=1S/C21H25NO3/c1-2-25-20-15-22(14-19(20)23)21(24)13-10-16-8-11-18(12-9-16)17-6-4-3-5-7-17/h3-9,11-12,19-20,23H,2,10,13-15H2,1H3/t19-,20-/m0/s1. The molecule has 1 N–H and O–H groups in total. The van der Waals surface area contributed by atoms with E-state index in [1.807, 2.05) is 25.1 Å². The zero-order valence-electron chi connectivity index (χ0n) is 14.6. The van der Waals surface area contributed by atoms with Crippen LogP contribution in [0.4, 0.5) is 0 Å². The van der Waals surface area contributed by atoms with Gasteiger partial charge in [0.05, 0.1) is 6.10 Å². The van der Waals surface area contributed by atoms with Crippen LogP contribution in [0.1, 0.15) is 18.9 Å². The lowest BCUT2D eigenvalue weighted by molar-refractivity contribution is -0.130. The minimum atomic E-state index is -0.575. The van der Waals surface area contributed by atoms with Crippen LogP contribution in [0.15, 0.2) is 54.6 Å². The van der Waals surface area contributed by atoms with E-state index in [9.17, 15) is 9.90 Å². The van der Waals surface area contributed by atoms with Crippen LogP contribution < -0.4 is 0 Å². The van der Waals surface area contributed by atoms with Gasteiger partial charge < -0.3 is 14.7 Å². The number of amides is 1. The first-order chi connectivity index (χ1) is 12.2. The van der Waals surface area contributed by atoms with E-state index in [-0.39, 0.29) is 12.0 Å². The Morgan fingerprint density at radius 3 is 2.44 bits per heavy atom. The molecule has 2 atom stereocenters. The van der Waals surface area contributed by atoms with E-state index in [1.54, 1.807) is 4.90 Å². The molecule has 1 amide bonds. The summed E-state index contributed by atoms with van der Waals surface area (Å²) in [6.07, 6.45) is 0.337. The van der Waals surface area contributed by atoms with Gasteiger partial charge in [0.1, 0.15) is 6.10 Å². The van der Waals surface area contributed by atoms with Gasteiger partial charge in [-0.15, -0.1) is 0 Å². The first-order valence-electron chi connectivity index (χ1n) is 8.89. The fourth-order valence-electron chi connectivity index (χ4n) is 3.24. The van der Waals surface area contributed by atoms with Gasteiger partial charge in [-0.05, 0) is 30.0 Å². The maximum atomic E-state index is 12.4. The number of rotatable bonds is 6. The molecule has 2 aromatic carbocycles. The molecule has 25 heavy (non-hydrogen) atoms. The van der Waals surface area contributed by atoms with Crippen LogP contribution in [-0.4, -0.2) is 47.8 Å². The van der Waals surface area contributed by atoms with E-state index >= 15 is 0 Å². The number of carbonyl (C=O) groups is 1. The molecule has 1 aliphatic heterocycles. The van der Waals surface area contributed by atoms with E-state index in [1.165, 1.54) is 11.1 Å². The highest BCUT2D eigenvalue weighted by Gasteiger charge is 2.34. The van der Waals surface area contributed by atoms with Crippen LogP contribution in [0.3, 0.4) is 0 Å². The van der Waals surface area contributed by atoms with Crippen LogP contribution in [0, 0.1) is 0 Å². The molecule has 132 valence electrons. The summed E-state index contributed by atoms with van der Waals surface area (Å²) in [7, 11) is 0. The molecule has 3 rings (SSSR count). The van der Waals surface area contributed by atoms with Crippen LogP contribution in [0.25, 0.3) is 11.1 Å². The number of hydrogen-bond acceptors (Lipinski definition) is 3. The molecular formula is C21H25NO3. The summed E-state index contributed by atoms with van der Waals surface area (Å²) in [5.74, 6) is 0.0772. The maximum Gasteiger partial charge on any atom is 0.223 e. The second-order valence-corrected chi connectivity index (χ2v) is 6.42. The molecule has 2 aromatic rings. The fourth-order valence-corrected chi connectivity index (χ4v) is 3.24. The summed E-state index contributed by atoms with van der Waals surface area (Å²) in [5.41, 5.74) is 3.52. The van der Waals surface area contributed by atoms with Gasteiger partial charge in [-0.3, -0.25) is 4.79 Å². The number of hydrogen-bond donors (Lipinski definition) is 1. The van der Waals surface area contributed by atoms with Crippen LogP contribution in [0.2, 0.25) is 0 Å². The fraction of sp³-hybridized carbons (Fsp3) is 0.381. The highest BCUT2D eigenvalue weighted by molar-refractivity contribution is 5.77. The van der Waals surface area contributed by atoms with Crippen molar-refractivity contribution in [2.45, 2.75) is 32.0 Å². The molecule has 0 aliphatic carbocycles. The summed E-state index contributed by atoms with van der Waals surface area (Å²) in [4.78, 5) is 14.1. The van der Waals surface area contributed by atoms with Gasteiger partial charge in [0.15, 0.2) is 0 Å². The molecule has 0 spiro atoms. The van der Waals surface area contributed by atoms with Crippen molar-refractivity contribution in [2.24, 2.45) is 0 Å². The van der Waals surface area contributed by atoms with E-state index in [2.05, 4.69) is 36.4 Å². The van der Waals surface area contributed by atoms with Crippen molar-refractivity contribution in [3.05, 3.63) is 60.2 Å². The third kappa shape index (κ3) is 4.47. The normalized spacial score (nSPS) is 20.0. The van der Waals surface area contributed by atoms with Crippen LogP contribution in [-0.2, 0) is 16.0 Å². The van der Waals surface area contributed by atoms with E-state index < -0.39 is 6.10 Å². The largest absolute Gasteiger partial charge is 0.388 e. The Bertz CT molecular complexity index is 684. The first-order valence-corrected chi connectivity index (χ1v) is 8.89. The Morgan fingerprint density at radius 1 is 1.08 bits per heavy atom. The summed E-state index contributed by atoms with van der Waals surface area (Å²) in [6.45, 7) is 3.31. The Morgan fingerprint density at radius 2 is 1.76 bits per heavy atom. The lowest BCUT2D eigenvalue weighted by Gasteiger charge is -2.16. The summed E-state index contributed by atoms with van der Waals surface area (Å²) < 4.78 is 5.47. The van der Waals surface area contributed by atoms with Gasteiger partial charge in [-0.1, -0.05) is 54.6 Å². The molecule has 0 bridgehead atoms. The summed E-state index contributed by atoms with van der Waals surface area (Å²) in [5, 5.41) is 9.94. The molecule has 1 fully saturated rings. The van der Waals surface area contributed by atoms with Crippen molar-refractivity contribution >= 4 is 5.91 Å². The molecule has 1 aliphatic rings. The molecule has 4 nitrogen and oxygen atoms in total. The second kappa shape index (κ2) is 8.28. The average molecular weight is 339 g/mol. The average Bonchev–Trinajstić information content (AvgIpc) is 3.02. The Kier molecular flexibility index (Phi) is 5.84. The van der Waals surface area contributed by atoms with E-state index in [0.29, 0.717) is 32.5 Å². The monoisotopic (exact) mass is 339 g/mol. The number of nitrogens with zero attached hydrogens (tertiary/aromatic N) is 1. The molecule has 0 radical (unpaired) electrons. The third-order valence-electron chi connectivity index (χ3n) is 4.66. The molecule has 0 saturated carbocycles. The molecular weight excluding hydrogens is 314 g/mol. The van der Waals surface area contributed by atoms with Crippen LogP contribution in [0.5, 0.6) is 0 Å². The molecule has 0 unspecified atom stereocenters. The van der Waals surface area contributed by atoms with Crippen molar-refractivity contribution in [1.82, 2.24) is 4.90 Å². The Hall–Kier alpha value is -2.17. The molecule has 1 heterocycles. The maximum absolute atomic E-state index is 12.4. The molecule has 4 heteroatoms. The van der Waals surface area contributed by atoms with Gasteiger partial charge in [-0.25, -0.2) is 0 Å². The van der Waals surface area contributed by atoms with Crippen molar-refractivity contribution in [1.29, 1.82) is 0 Å². The van der Waals surface area contributed by atoms with Crippen molar-refractivity contribution < 1.29 is 14.6 Å². The first kappa shape index (κ1) is 17.6. The van der Waals surface area contributed by atoms with Gasteiger partial charge in [0, 0.05) is 26.1 Å². The smallest absolute Gasteiger partial charge is 0.223 e. The second-order valence-electron chi connectivity index (χ2n) is 6.42. The number of carbonyl (C=O) groups excluding carboxylic acids is 1. The molecule has 0 aromatic heterocycles. The number of likely N-dealkylation sites (tertiary alicyclic amines) is 1. The van der Waals surface area contributed by atoms with Crippen LogP contribution >= 0.6 is 0 Å². The van der Waals surface area contributed by atoms with Crippen molar-refractivity contribution in [3.8, 4) is 11.1 Å². The lowest BCUT2D eigenvalue weighted by atomic mass is 10.0. The SMILES string of the molecule is CCO[C@H]1CN(C(=O)CCc2ccc(-c3ccccc3)cc2)C[C@@H]1O. The topological polar surface area (TPSA) is 49.8 Å². The zero-order valence-corrected chi connectivity index (χ0v) is 14.6.